The van der Waals surface area contributed by atoms with Gasteiger partial charge in [0.1, 0.15) is 0 Å². The van der Waals surface area contributed by atoms with Crippen LogP contribution < -0.4 is 14.2 Å². The molecule has 0 aliphatic rings. The second kappa shape index (κ2) is 7.08. The number of imidazole rings is 1. The molecule has 5 nitrogen and oxygen atoms in total. The van der Waals surface area contributed by atoms with Crippen molar-refractivity contribution in [3.8, 4) is 28.4 Å². The van der Waals surface area contributed by atoms with E-state index in [2.05, 4.69) is 29.2 Å². The van der Waals surface area contributed by atoms with E-state index in [1.54, 1.807) is 27.5 Å². The van der Waals surface area contributed by atoms with Crippen molar-refractivity contribution in [3.05, 3.63) is 60.7 Å². The van der Waals surface area contributed by atoms with Crippen molar-refractivity contribution in [2.75, 3.05) is 21.3 Å². The monoisotopic (exact) mass is 324 g/mol. The standard InChI is InChI=1S/C19H20N2O3/c1-22-17-10-16(11-18(23-2)19(17)24-3)15-6-4-14(5-7-15)12-21-9-8-20-13-21/h4-11,13H,12H2,1-3H3. The van der Waals surface area contributed by atoms with Gasteiger partial charge >= 0.3 is 0 Å². The predicted molar refractivity (Wildman–Crippen MR) is 92.9 cm³/mol. The Hall–Kier alpha value is -2.95. The zero-order valence-electron chi connectivity index (χ0n) is 14.0. The van der Waals surface area contributed by atoms with E-state index in [4.69, 9.17) is 14.2 Å². The molecule has 0 aliphatic heterocycles. The minimum absolute atomic E-state index is 0.598. The molecule has 3 aromatic rings. The van der Waals surface area contributed by atoms with E-state index >= 15 is 0 Å². The van der Waals surface area contributed by atoms with Crippen LogP contribution in [0.15, 0.2) is 55.1 Å². The zero-order valence-corrected chi connectivity index (χ0v) is 14.0. The first-order valence-corrected chi connectivity index (χ1v) is 7.60. The van der Waals surface area contributed by atoms with Crippen molar-refractivity contribution < 1.29 is 14.2 Å². The molecule has 0 N–H and O–H groups in total. The third-order valence-electron chi connectivity index (χ3n) is 3.88. The SMILES string of the molecule is COc1cc(-c2ccc(Cn3ccnc3)cc2)cc(OC)c1OC. The number of nitrogens with zero attached hydrogens (tertiary/aromatic N) is 2. The first-order chi connectivity index (χ1) is 11.7. The molecule has 0 unspecified atom stereocenters. The van der Waals surface area contributed by atoms with Gasteiger partial charge in [0.25, 0.3) is 0 Å². The lowest BCUT2D eigenvalue weighted by atomic mass is 10.0. The average molecular weight is 324 g/mol. The molecule has 24 heavy (non-hydrogen) atoms. The minimum Gasteiger partial charge on any atom is -0.493 e. The molecule has 2 aromatic carbocycles. The minimum atomic E-state index is 0.598. The van der Waals surface area contributed by atoms with Gasteiger partial charge in [-0.2, -0.15) is 0 Å². The van der Waals surface area contributed by atoms with Crippen LogP contribution in [0.2, 0.25) is 0 Å². The second-order valence-corrected chi connectivity index (χ2v) is 5.35. The van der Waals surface area contributed by atoms with Crippen molar-refractivity contribution >= 4 is 0 Å². The highest BCUT2D eigenvalue weighted by Gasteiger charge is 2.14. The van der Waals surface area contributed by atoms with Crippen molar-refractivity contribution in [1.82, 2.24) is 9.55 Å². The lowest BCUT2D eigenvalue weighted by Gasteiger charge is -2.14. The van der Waals surface area contributed by atoms with E-state index in [0.29, 0.717) is 17.2 Å². The highest BCUT2D eigenvalue weighted by Crippen LogP contribution is 2.41. The molecule has 0 bridgehead atoms. The van der Waals surface area contributed by atoms with Crippen LogP contribution in [0.5, 0.6) is 17.2 Å². The molecule has 0 radical (unpaired) electrons. The summed E-state index contributed by atoms with van der Waals surface area (Å²) in [5.74, 6) is 1.89. The fraction of sp³-hybridized carbons (Fsp3) is 0.211. The average Bonchev–Trinajstić information content (AvgIpc) is 3.14. The lowest BCUT2D eigenvalue weighted by molar-refractivity contribution is 0.324. The van der Waals surface area contributed by atoms with Crippen LogP contribution in [0.25, 0.3) is 11.1 Å². The molecule has 124 valence electrons. The summed E-state index contributed by atoms with van der Waals surface area (Å²) in [5.41, 5.74) is 3.31. The summed E-state index contributed by atoms with van der Waals surface area (Å²) in [6, 6.07) is 12.3. The van der Waals surface area contributed by atoms with Crippen LogP contribution in [-0.2, 0) is 6.54 Å². The third-order valence-corrected chi connectivity index (χ3v) is 3.88. The Labute approximate surface area is 141 Å². The number of rotatable bonds is 6. The summed E-state index contributed by atoms with van der Waals surface area (Å²) >= 11 is 0. The van der Waals surface area contributed by atoms with Crippen molar-refractivity contribution in [2.24, 2.45) is 0 Å². The molecule has 0 spiro atoms. The molecule has 0 atom stereocenters. The molecule has 5 heteroatoms. The first-order valence-electron chi connectivity index (χ1n) is 7.60. The fourth-order valence-corrected chi connectivity index (χ4v) is 2.64. The van der Waals surface area contributed by atoms with Crippen molar-refractivity contribution in [1.29, 1.82) is 0 Å². The van der Waals surface area contributed by atoms with Crippen LogP contribution in [0.3, 0.4) is 0 Å². The summed E-state index contributed by atoms with van der Waals surface area (Å²) in [6.07, 6.45) is 5.55. The molecule has 0 aliphatic carbocycles. The van der Waals surface area contributed by atoms with E-state index < -0.39 is 0 Å². The van der Waals surface area contributed by atoms with Gasteiger partial charge in [0.15, 0.2) is 11.5 Å². The Bertz CT molecular complexity index is 771. The number of hydrogen-bond acceptors (Lipinski definition) is 4. The van der Waals surface area contributed by atoms with Gasteiger partial charge in [-0.1, -0.05) is 24.3 Å². The summed E-state index contributed by atoms with van der Waals surface area (Å²) in [5, 5.41) is 0. The normalized spacial score (nSPS) is 10.5. The summed E-state index contributed by atoms with van der Waals surface area (Å²) in [4.78, 5) is 4.06. The van der Waals surface area contributed by atoms with Gasteiger partial charge in [-0.15, -0.1) is 0 Å². The molecule has 0 saturated heterocycles. The van der Waals surface area contributed by atoms with Gasteiger partial charge in [-0.05, 0) is 28.8 Å². The first kappa shape index (κ1) is 15.9. The molecule has 1 heterocycles. The van der Waals surface area contributed by atoms with E-state index in [0.717, 1.165) is 17.7 Å². The van der Waals surface area contributed by atoms with Crippen LogP contribution >= 0.6 is 0 Å². The number of methoxy groups -OCH3 is 3. The molecule has 0 amide bonds. The fourth-order valence-electron chi connectivity index (χ4n) is 2.64. The Morgan fingerprint density at radius 3 is 2.04 bits per heavy atom. The highest BCUT2D eigenvalue weighted by atomic mass is 16.5. The van der Waals surface area contributed by atoms with Gasteiger partial charge < -0.3 is 18.8 Å². The third kappa shape index (κ3) is 3.20. The molecular formula is C19H20N2O3. The van der Waals surface area contributed by atoms with Gasteiger partial charge in [-0.25, -0.2) is 4.98 Å². The van der Waals surface area contributed by atoms with Crippen LogP contribution in [0.1, 0.15) is 5.56 Å². The molecule has 3 rings (SSSR count). The quantitative estimate of drug-likeness (QED) is 0.695. The molecule has 1 aromatic heterocycles. The van der Waals surface area contributed by atoms with Crippen LogP contribution in [0.4, 0.5) is 0 Å². The van der Waals surface area contributed by atoms with E-state index in [1.807, 2.05) is 29.2 Å². The molecule has 0 fully saturated rings. The van der Waals surface area contributed by atoms with Crippen LogP contribution in [-0.4, -0.2) is 30.9 Å². The number of ether oxygens (including phenoxy) is 3. The Balaban J connectivity index is 1.91. The summed E-state index contributed by atoms with van der Waals surface area (Å²) < 4.78 is 18.2. The van der Waals surface area contributed by atoms with E-state index in [-0.39, 0.29) is 0 Å². The molecular weight excluding hydrogens is 304 g/mol. The summed E-state index contributed by atoms with van der Waals surface area (Å²) in [7, 11) is 4.84. The molecule has 0 saturated carbocycles. The van der Waals surface area contributed by atoms with Gasteiger partial charge in [0.05, 0.1) is 27.7 Å². The van der Waals surface area contributed by atoms with Gasteiger partial charge in [0, 0.05) is 18.9 Å². The Kier molecular flexibility index (Phi) is 4.70. The lowest BCUT2D eigenvalue weighted by Crippen LogP contribution is -1.97. The highest BCUT2D eigenvalue weighted by molar-refractivity contribution is 5.71. The van der Waals surface area contributed by atoms with Crippen molar-refractivity contribution in [3.63, 3.8) is 0 Å². The van der Waals surface area contributed by atoms with E-state index in [1.165, 1.54) is 5.56 Å². The predicted octanol–water partition coefficient (Wildman–Crippen LogP) is 3.62. The maximum Gasteiger partial charge on any atom is 0.203 e. The second-order valence-electron chi connectivity index (χ2n) is 5.35. The Morgan fingerprint density at radius 2 is 1.54 bits per heavy atom. The van der Waals surface area contributed by atoms with Gasteiger partial charge in [-0.3, -0.25) is 0 Å². The number of benzene rings is 2. The maximum absolute atomic E-state index is 5.42. The maximum atomic E-state index is 5.42. The largest absolute Gasteiger partial charge is 0.493 e. The van der Waals surface area contributed by atoms with Crippen molar-refractivity contribution in [2.45, 2.75) is 6.54 Å². The topological polar surface area (TPSA) is 45.5 Å². The Morgan fingerprint density at radius 1 is 0.875 bits per heavy atom. The number of hydrogen-bond donors (Lipinski definition) is 0. The smallest absolute Gasteiger partial charge is 0.203 e. The van der Waals surface area contributed by atoms with E-state index in [9.17, 15) is 0 Å². The number of aromatic nitrogens is 2. The zero-order chi connectivity index (χ0) is 16.9. The summed E-state index contributed by atoms with van der Waals surface area (Å²) in [6.45, 7) is 0.801. The van der Waals surface area contributed by atoms with Crippen LogP contribution in [0, 0.1) is 0 Å². The van der Waals surface area contributed by atoms with Gasteiger partial charge in [0.2, 0.25) is 5.75 Å².